The molecule has 0 fully saturated rings. The monoisotopic (exact) mass is 263 g/mol. The van der Waals surface area contributed by atoms with Crippen molar-refractivity contribution in [2.75, 3.05) is 25.2 Å². The van der Waals surface area contributed by atoms with Gasteiger partial charge in [-0.3, -0.25) is 4.79 Å². The van der Waals surface area contributed by atoms with Crippen LogP contribution in [0.1, 0.15) is 13.8 Å². The molecule has 0 heterocycles. The molecular formula is C10H17NO5S. The molecule has 0 saturated carbocycles. The molecular weight excluding hydrogens is 246 g/mol. The van der Waals surface area contributed by atoms with E-state index in [9.17, 15) is 14.4 Å². The van der Waals surface area contributed by atoms with Gasteiger partial charge in [-0.15, -0.1) is 0 Å². The lowest BCUT2D eigenvalue weighted by atomic mass is 10.3. The zero-order valence-corrected chi connectivity index (χ0v) is 11.0. The molecule has 0 radical (unpaired) electrons. The Morgan fingerprint density at radius 1 is 1.12 bits per heavy atom. The van der Waals surface area contributed by atoms with E-state index in [1.165, 1.54) is 11.8 Å². The van der Waals surface area contributed by atoms with Gasteiger partial charge in [0.15, 0.2) is 0 Å². The smallest absolute Gasteiger partial charge is 0.340 e. The second-order valence-electron chi connectivity index (χ2n) is 2.94. The summed E-state index contributed by atoms with van der Waals surface area (Å²) in [6, 6.07) is -1.38. The lowest BCUT2D eigenvalue weighted by molar-refractivity contribution is -0.159. The molecule has 0 aliphatic carbocycles. The zero-order valence-electron chi connectivity index (χ0n) is 10.1. The van der Waals surface area contributed by atoms with E-state index in [0.29, 0.717) is 0 Å². The molecule has 7 heteroatoms. The molecule has 6 nitrogen and oxygen atoms in total. The van der Waals surface area contributed by atoms with Crippen molar-refractivity contribution in [3.8, 4) is 0 Å². The lowest BCUT2D eigenvalue weighted by Gasteiger charge is -2.15. The summed E-state index contributed by atoms with van der Waals surface area (Å²) in [6.45, 7) is 3.49. The van der Waals surface area contributed by atoms with Crippen LogP contribution in [0.2, 0.25) is 0 Å². The van der Waals surface area contributed by atoms with Gasteiger partial charge >= 0.3 is 11.9 Å². The number of rotatable bonds is 7. The average molecular weight is 263 g/mol. The fourth-order valence-electron chi connectivity index (χ4n) is 0.999. The van der Waals surface area contributed by atoms with Crippen molar-refractivity contribution in [3.05, 3.63) is 0 Å². The Bertz CT molecular complexity index is 264. The van der Waals surface area contributed by atoms with Crippen LogP contribution in [0, 0.1) is 0 Å². The van der Waals surface area contributed by atoms with E-state index >= 15 is 0 Å². The van der Waals surface area contributed by atoms with Crippen LogP contribution in [0.4, 0.5) is 0 Å². The van der Waals surface area contributed by atoms with E-state index in [-0.39, 0.29) is 19.0 Å². The highest BCUT2D eigenvalue weighted by Gasteiger charge is 2.30. The Hall–Kier alpha value is -1.24. The number of carbonyl (C=O) groups is 3. The summed E-state index contributed by atoms with van der Waals surface area (Å²) in [6.07, 6.45) is 1.74. The number of hydrogen-bond donors (Lipinski definition) is 1. The van der Waals surface area contributed by atoms with Gasteiger partial charge in [0.25, 0.3) is 0 Å². The maximum atomic E-state index is 11.5. The summed E-state index contributed by atoms with van der Waals surface area (Å²) in [5.41, 5.74) is 0. The van der Waals surface area contributed by atoms with E-state index in [1.54, 1.807) is 20.1 Å². The highest BCUT2D eigenvalue weighted by molar-refractivity contribution is 7.99. The van der Waals surface area contributed by atoms with Crippen molar-refractivity contribution in [3.63, 3.8) is 0 Å². The van der Waals surface area contributed by atoms with Crippen LogP contribution < -0.4 is 5.32 Å². The van der Waals surface area contributed by atoms with Crippen molar-refractivity contribution in [2.45, 2.75) is 19.9 Å². The maximum Gasteiger partial charge on any atom is 0.340 e. The minimum Gasteiger partial charge on any atom is -0.464 e. The molecule has 0 aromatic carbocycles. The van der Waals surface area contributed by atoms with E-state index in [4.69, 9.17) is 0 Å². The number of amides is 1. The van der Waals surface area contributed by atoms with E-state index in [0.717, 1.165) is 0 Å². The molecule has 0 aromatic heterocycles. The largest absolute Gasteiger partial charge is 0.464 e. The molecule has 1 amide bonds. The van der Waals surface area contributed by atoms with Gasteiger partial charge in [-0.2, -0.15) is 11.8 Å². The van der Waals surface area contributed by atoms with Crippen LogP contribution in [-0.2, 0) is 23.9 Å². The van der Waals surface area contributed by atoms with Gasteiger partial charge < -0.3 is 14.8 Å². The van der Waals surface area contributed by atoms with Crippen molar-refractivity contribution >= 4 is 29.6 Å². The third-order valence-corrected chi connectivity index (χ3v) is 2.18. The normalized spacial score (nSPS) is 9.88. The number of esters is 2. The highest BCUT2D eigenvalue weighted by atomic mass is 32.2. The molecule has 0 atom stereocenters. The number of ether oxygens (including phenoxy) is 2. The zero-order chi connectivity index (χ0) is 13.3. The van der Waals surface area contributed by atoms with Gasteiger partial charge in [0.1, 0.15) is 0 Å². The van der Waals surface area contributed by atoms with Crippen molar-refractivity contribution in [2.24, 2.45) is 0 Å². The molecule has 0 rings (SSSR count). The predicted molar refractivity (Wildman–Crippen MR) is 63.6 cm³/mol. The second-order valence-corrected chi connectivity index (χ2v) is 3.80. The Morgan fingerprint density at radius 2 is 1.59 bits per heavy atom. The lowest BCUT2D eigenvalue weighted by Crippen LogP contribution is -2.48. The minimum atomic E-state index is -1.38. The fourth-order valence-corrected chi connectivity index (χ4v) is 1.34. The molecule has 0 saturated heterocycles. The molecule has 0 aliphatic heterocycles. The summed E-state index contributed by atoms with van der Waals surface area (Å²) in [4.78, 5) is 34.2. The average Bonchev–Trinajstić information content (AvgIpc) is 2.26. The molecule has 0 aromatic rings. The Labute approximate surface area is 104 Å². The molecule has 0 aliphatic rings. The third kappa shape index (κ3) is 6.15. The quantitative estimate of drug-likeness (QED) is 0.513. The van der Waals surface area contributed by atoms with E-state index < -0.39 is 23.9 Å². The van der Waals surface area contributed by atoms with Gasteiger partial charge in [0, 0.05) is 0 Å². The third-order valence-electron chi connectivity index (χ3n) is 1.63. The first kappa shape index (κ1) is 15.8. The van der Waals surface area contributed by atoms with Gasteiger partial charge in [0.05, 0.1) is 19.0 Å². The maximum absolute atomic E-state index is 11.5. The Balaban J connectivity index is 4.55. The van der Waals surface area contributed by atoms with Crippen LogP contribution in [-0.4, -0.2) is 49.1 Å². The molecule has 17 heavy (non-hydrogen) atoms. The standard InChI is InChI=1S/C10H17NO5S/c1-4-15-9(13)8(10(14)16-5-2)11-7(12)6-17-3/h8H,4-6H2,1-3H3,(H,11,12). The predicted octanol–water partition coefficient (Wildman–Crippen LogP) is -0.0396. The van der Waals surface area contributed by atoms with Crippen molar-refractivity contribution in [1.29, 1.82) is 0 Å². The number of carbonyl (C=O) groups excluding carboxylic acids is 3. The molecule has 0 spiro atoms. The first-order chi connectivity index (χ1) is 8.06. The van der Waals surface area contributed by atoms with Crippen LogP contribution >= 0.6 is 11.8 Å². The Kier molecular flexibility index (Phi) is 8.21. The molecule has 98 valence electrons. The topological polar surface area (TPSA) is 81.7 Å². The number of nitrogens with one attached hydrogen (secondary N) is 1. The fraction of sp³-hybridized carbons (Fsp3) is 0.700. The van der Waals surface area contributed by atoms with Crippen LogP contribution in [0.5, 0.6) is 0 Å². The molecule has 0 bridgehead atoms. The first-order valence-electron chi connectivity index (χ1n) is 5.18. The van der Waals surface area contributed by atoms with Gasteiger partial charge in [-0.25, -0.2) is 9.59 Å². The second kappa shape index (κ2) is 8.86. The van der Waals surface area contributed by atoms with Gasteiger partial charge in [0.2, 0.25) is 11.9 Å². The van der Waals surface area contributed by atoms with E-state index in [2.05, 4.69) is 14.8 Å². The van der Waals surface area contributed by atoms with Crippen molar-refractivity contribution in [1.82, 2.24) is 5.32 Å². The van der Waals surface area contributed by atoms with Crippen LogP contribution in [0.25, 0.3) is 0 Å². The highest BCUT2D eigenvalue weighted by Crippen LogP contribution is 1.97. The molecule has 1 N–H and O–H groups in total. The number of hydrogen-bond acceptors (Lipinski definition) is 6. The van der Waals surface area contributed by atoms with Crippen LogP contribution in [0.15, 0.2) is 0 Å². The Morgan fingerprint density at radius 3 is 1.94 bits per heavy atom. The van der Waals surface area contributed by atoms with Crippen molar-refractivity contribution < 1.29 is 23.9 Å². The summed E-state index contributed by atoms with van der Waals surface area (Å²) < 4.78 is 9.38. The number of thioether (sulfide) groups is 1. The van der Waals surface area contributed by atoms with Gasteiger partial charge in [-0.1, -0.05) is 0 Å². The summed E-state index contributed by atoms with van der Waals surface area (Å²) >= 11 is 1.29. The summed E-state index contributed by atoms with van der Waals surface area (Å²) in [5.74, 6) is -1.86. The molecule has 0 unspecified atom stereocenters. The summed E-state index contributed by atoms with van der Waals surface area (Å²) in [5, 5.41) is 2.28. The van der Waals surface area contributed by atoms with Crippen LogP contribution in [0.3, 0.4) is 0 Å². The van der Waals surface area contributed by atoms with E-state index in [1.807, 2.05) is 0 Å². The first-order valence-corrected chi connectivity index (χ1v) is 6.57. The minimum absolute atomic E-state index is 0.132. The summed E-state index contributed by atoms with van der Waals surface area (Å²) in [7, 11) is 0. The SMILES string of the molecule is CCOC(=O)C(NC(=O)CSC)C(=O)OCC. The van der Waals surface area contributed by atoms with Gasteiger partial charge in [-0.05, 0) is 20.1 Å².